The second-order valence-electron chi connectivity index (χ2n) is 3.76. The molecule has 0 saturated carbocycles. The number of benzene rings is 1. The lowest BCUT2D eigenvalue weighted by molar-refractivity contribution is 0.332. The Morgan fingerprint density at radius 2 is 2.11 bits per heavy atom. The van der Waals surface area contributed by atoms with Crippen LogP contribution in [-0.4, -0.2) is 26.5 Å². The van der Waals surface area contributed by atoms with Crippen LogP contribution in [0.3, 0.4) is 0 Å². The van der Waals surface area contributed by atoms with Gasteiger partial charge in [-0.2, -0.15) is 0 Å². The van der Waals surface area contributed by atoms with Gasteiger partial charge in [0.15, 0.2) is 5.65 Å². The molecule has 0 atom stereocenters. The van der Waals surface area contributed by atoms with Crippen molar-refractivity contribution in [2.24, 2.45) is 0 Å². The van der Waals surface area contributed by atoms with E-state index >= 15 is 0 Å². The molecule has 0 unspecified atom stereocenters. The number of imidazole rings is 1. The third-order valence-electron chi connectivity index (χ3n) is 2.54. The first-order chi connectivity index (χ1) is 9.38. The number of hydrogen-bond acceptors (Lipinski definition) is 5. The molecule has 0 amide bonds. The summed E-state index contributed by atoms with van der Waals surface area (Å²) in [5.74, 6) is 0.862. The van der Waals surface area contributed by atoms with Gasteiger partial charge in [0.2, 0.25) is 0 Å². The smallest absolute Gasteiger partial charge is 0.181 e. The fraction of sp³-hybridized carbons (Fsp3) is 0.154. The van der Waals surface area contributed by atoms with Crippen LogP contribution in [0, 0.1) is 0 Å². The fourth-order valence-corrected chi connectivity index (χ4v) is 2.67. The van der Waals surface area contributed by atoms with Crippen LogP contribution in [-0.2, 0) is 0 Å². The number of rotatable bonds is 4. The average Bonchev–Trinajstić information content (AvgIpc) is 2.91. The highest BCUT2D eigenvalue weighted by molar-refractivity contribution is 7.99. The Kier molecular flexibility index (Phi) is 3.33. The van der Waals surface area contributed by atoms with E-state index in [2.05, 4.69) is 19.9 Å². The van der Waals surface area contributed by atoms with Gasteiger partial charge in [-0.1, -0.05) is 23.9 Å². The Balaban J connectivity index is 1.99. The molecule has 0 radical (unpaired) electrons. The first kappa shape index (κ1) is 12.0. The van der Waals surface area contributed by atoms with Crippen LogP contribution in [0.5, 0.6) is 5.75 Å². The van der Waals surface area contributed by atoms with Crippen LogP contribution in [0.2, 0.25) is 0 Å². The van der Waals surface area contributed by atoms with E-state index in [4.69, 9.17) is 4.74 Å². The van der Waals surface area contributed by atoms with Crippen molar-refractivity contribution in [3.05, 3.63) is 36.9 Å². The zero-order valence-corrected chi connectivity index (χ0v) is 11.1. The third-order valence-corrected chi connectivity index (χ3v) is 3.60. The van der Waals surface area contributed by atoms with Gasteiger partial charge in [-0.25, -0.2) is 15.0 Å². The van der Waals surface area contributed by atoms with Gasteiger partial charge in [-0.05, 0) is 19.1 Å². The van der Waals surface area contributed by atoms with Crippen molar-refractivity contribution in [1.29, 1.82) is 0 Å². The van der Waals surface area contributed by atoms with E-state index in [0.717, 1.165) is 21.2 Å². The number of nitrogens with one attached hydrogen (secondary N) is 1. The molecule has 1 aromatic carbocycles. The summed E-state index contributed by atoms with van der Waals surface area (Å²) >= 11 is 1.54. The molecule has 1 N–H and O–H groups in total. The van der Waals surface area contributed by atoms with Crippen molar-refractivity contribution in [2.75, 3.05) is 6.61 Å². The Morgan fingerprint density at radius 1 is 1.21 bits per heavy atom. The maximum Gasteiger partial charge on any atom is 0.181 e. The van der Waals surface area contributed by atoms with Crippen molar-refractivity contribution in [1.82, 2.24) is 19.9 Å². The number of para-hydroxylation sites is 1. The molecule has 0 aliphatic heterocycles. The second-order valence-corrected chi connectivity index (χ2v) is 4.79. The van der Waals surface area contributed by atoms with Crippen molar-refractivity contribution in [3.63, 3.8) is 0 Å². The number of ether oxygens (including phenoxy) is 1. The lowest BCUT2D eigenvalue weighted by atomic mass is 10.3. The summed E-state index contributed by atoms with van der Waals surface area (Å²) in [4.78, 5) is 16.6. The predicted molar refractivity (Wildman–Crippen MR) is 73.4 cm³/mol. The Labute approximate surface area is 114 Å². The molecule has 2 heterocycles. The molecule has 2 aromatic heterocycles. The number of aromatic nitrogens is 4. The molecular weight excluding hydrogens is 260 g/mol. The van der Waals surface area contributed by atoms with Crippen molar-refractivity contribution >= 4 is 22.9 Å². The highest BCUT2D eigenvalue weighted by atomic mass is 32.2. The standard InChI is InChI=1S/C13H12N4OS/c1-2-18-9-5-3-4-6-10(9)19-13-11-12(15-7-14-11)16-8-17-13/h3-8H,2H2,1H3,(H,14,15,16,17). The number of nitrogens with zero attached hydrogens (tertiary/aromatic N) is 3. The number of H-pyrrole nitrogens is 1. The summed E-state index contributed by atoms with van der Waals surface area (Å²) in [6.45, 7) is 2.61. The van der Waals surface area contributed by atoms with Crippen molar-refractivity contribution < 1.29 is 4.74 Å². The van der Waals surface area contributed by atoms with Gasteiger partial charge in [0.25, 0.3) is 0 Å². The summed E-state index contributed by atoms with van der Waals surface area (Å²) in [5, 5.41) is 0.842. The molecular formula is C13H12N4OS. The number of hydrogen-bond donors (Lipinski definition) is 1. The molecule has 0 spiro atoms. The molecule has 3 aromatic rings. The minimum absolute atomic E-state index is 0.640. The van der Waals surface area contributed by atoms with Gasteiger partial charge < -0.3 is 9.72 Å². The first-order valence-corrected chi connectivity index (χ1v) is 6.74. The maximum absolute atomic E-state index is 5.61. The van der Waals surface area contributed by atoms with Crippen LogP contribution in [0.25, 0.3) is 11.2 Å². The zero-order valence-electron chi connectivity index (χ0n) is 10.3. The SMILES string of the molecule is CCOc1ccccc1Sc1ncnc2nc[nH]c12. The van der Waals surface area contributed by atoms with Crippen LogP contribution in [0.15, 0.2) is 46.8 Å². The van der Waals surface area contributed by atoms with E-state index in [9.17, 15) is 0 Å². The largest absolute Gasteiger partial charge is 0.493 e. The van der Waals surface area contributed by atoms with Crippen molar-refractivity contribution in [2.45, 2.75) is 16.8 Å². The molecule has 0 aliphatic carbocycles. The number of aromatic amines is 1. The molecule has 96 valence electrons. The molecule has 3 rings (SSSR count). The van der Waals surface area contributed by atoms with E-state index < -0.39 is 0 Å². The molecule has 0 saturated heterocycles. The molecule has 5 nitrogen and oxygen atoms in total. The van der Waals surface area contributed by atoms with Gasteiger partial charge in [-0.3, -0.25) is 0 Å². The highest BCUT2D eigenvalue weighted by Crippen LogP contribution is 2.35. The van der Waals surface area contributed by atoms with Gasteiger partial charge >= 0.3 is 0 Å². The zero-order chi connectivity index (χ0) is 13.1. The van der Waals surface area contributed by atoms with Crippen molar-refractivity contribution in [3.8, 4) is 5.75 Å². The second kappa shape index (κ2) is 5.27. The Bertz CT molecular complexity index is 698. The van der Waals surface area contributed by atoms with E-state index in [0.29, 0.717) is 12.3 Å². The van der Waals surface area contributed by atoms with Crippen LogP contribution < -0.4 is 4.74 Å². The minimum atomic E-state index is 0.640. The molecule has 0 fully saturated rings. The summed E-state index contributed by atoms with van der Waals surface area (Å²) in [5.41, 5.74) is 1.52. The fourth-order valence-electron chi connectivity index (χ4n) is 1.73. The lowest BCUT2D eigenvalue weighted by Crippen LogP contribution is -1.93. The van der Waals surface area contributed by atoms with Gasteiger partial charge in [0, 0.05) is 0 Å². The molecule has 0 bridgehead atoms. The lowest BCUT2D eigenvalue weighted by Gasteiger charge is -2.08. The van der Waals surface area contributed by atoms with E-state index in [-0.39, 0.29) is 0 Å². The van der Waals surface area contributed by atoms with Gasteiger partial charge in [0.1, 0.15) is 22.6 Å². The summed E-state index contributed by atoms with van der Waals surface area (Å²) in [6.07, 6.45) is 3.15. The average molecular weight is 272 g/mol. The predicted octanol–water partition coefficient (Wildman–Crippen LogP) is 2.90. The van der Waals surface area contributed by atoms with Gasteiger partial charge in [0.05, 0.1) is 17.8 Å². The summed E-state index contributed by atoms with van der Waals surface area (Å²) in [7, 11) is 0. The molecule has 6 heteroatoms. The van der Waals surface area contributed by atoms with Crippen LogP contribution in [0.4, 0.5) is 0 Å². The van der Waals surface area contributed by atoms with Crippen LogP contribution in [0.1, 0.15) is 6.92 Å². The topological polar surface area (TPSA) is 63.7 Å². The monoisotopic (exact) mass is 272 g/mol. The van der Waals surface area contributed by atoms with E-state index in [1.54, 1.807) is 18.1 Å². The first-order valence-electron chi connectivity index (χ1n) is 5.92. The Hall–Kier alpha value is -2.08. The van der Waals surface area contributed by atoms with E-state index in [1.807, 2.05) is 31.2 Å². The number of fused-ring (bicyclic) bond motifs is 1. The highest BCUT2D eigenvalue weighted by Gasteiger charge is 2.10. The normalized spacial score (nSPS) is 10.8. The summed E-state index contributed by atoms with van der Waals surface area (Å²) < 4.78 is 5.61. The molecule has 19 heavy (non-hydrogen) atoms. The minimum Gasteiger partial charge on any atom is -0.493 e. The summed E-state index contributed by atoms with van der Waals surface area (Å²) in [6, 6.07) is 7.91. The third kappa shape index (κ3) is 2.39. The molecule has 0 aliphatic rings. The van der Waals surface area contributed by atoms with Gasteiger partial charge in [-0.15, -0.1) is 0 Å². The van der Waals surface area contributed by atoms with Crippen LogP contribution >= 0.6 is 11.8 Å². The Morgan fingerprint density at radius 3 is 3.00 bits per heavy atom. The quantitative estimate of drug-likeness (QED) is 0.740. The van der Waals surface area contributed by atoms with E-state index in [1.165, 1.54) is 6.33 Å². The maximum atomic E-state index is 5.61.